The zero-order chi connectivity index (χ0) is 8.88. The van der Waals surface area contributed by atoms with E-state index in [1.807, 2.05) is 11.8 Å². The molecule has 0 N–H and O–H groups in total. The van der Waals surface area contributed by atoms with E-state index in [0.717, 1.165) is 0 Å². The van der Waals surface area contributed by atoms with E-state index >= 15 is 0 Å². The topological polar surface area (TPSA) is 0 Å². The van der Waals surface area contributed by atoms with Gasteiger partial charge in [-0.2, -0.15) is 0 Å². The molecular weight excluding hydrogens is 164 g/mol. The number of hydrogen-bond acceptors (Lipinski definition) is 1. The zero-order valence-corrected chi connectivity index (χ0v) is 8.80. The van der Waals surface area contributed by atoms with Crippen molar-refractivity contribution in [2.75, 3.05) is 0 Å². The minimum absolute atomic E-state index is 1.46. The molecule has 0 aromatic rings. The molecule has 0 amide bonds. The molecule has 0 nitrogen and oxygen atoms in total. The standard InChI is InChI=1S/C11H13S/c1-6-7(2)10-5-12-9(4)11(10)8(6)3/h5H,1-4H3. The fraction of sp³-hybridized carbons (Fsp3) is 0.364. The van der Waals surface area contributed by atoms with Crippen LogP contribution in [0.4, 0.5) is 0 Å². The van der Waals surface area contributed by atoms with Gasteiger partial charge in [0.1, 0.15) is 0 Å². The smallest absolute Gasteiger partial charge is 0.0513 e. The Kier molecular flexibility index (Phi) is 1.72. The highest BCUT2D eigenvalue weighted by Crippen LogP contribution is 2.49. The summed E-state index contributed by atoms with van der Waals surface area (Å²) in [4.78, 5) is 1.46. The molecule has 1 aliphatic heterocycles. The summed E-state index contributed by atoms with van der Waals surface area (Å²) in [5, 5.41) is 0. The first-order valence-electron chi connectivity index (χ1n) is 4.23. The van der Waals surface area contributed by atoms with Gasteiger partial charge in [-0.15, -0.1) is 11.8 Å². The van der Waals surface area contributed by atoms with Crippen LogP contribution in [0.2, 0.25) is 0 Å². The molecule has 0 aromatic heterocycles. The summed E-state index contributed by atoms with van der Waals surface area (Å²) in [5.41, 5.74) is 7.37. The van der Waals surface area contributed by atoms with Gasteiger partial charge in [-0.1, -0.05) is 0 Å². The molecule has 1 heterocycles. The van der Waals surface area contributed by atoms with Crippen LogP contribution in [0.5, 0.6) is 0 Å². The van der Waals surface area contributed by atoms with Crippen molar-refractivity contribution in [3.8, 4) is 0 Å². The average molecular weight is 177 g/mol. The molecule has 63 valence electrons. The molecule has 0 bridgehead atoms. The Morgan fingerprint density at radius 1 is 0.917 bits per heavy atom. The Labute approximate surface area is 78.4 Å². The molecule has 0 saturated heterocycles. The molecule has 0 unspecified atom stereocenters. The molecule has 2 rings (SSSR count). The van der Waals surface area contributed by atoms with Gasteiger partial charge in [0.2, 0.25) is 0 Å². The van der Waals surface area contributed by atoms with Crippen LogP contribution in [0.25, 0.3) is 0 Å². The third kappa shape index (κ3) is 0.861. The number of hydrogen-bond donors (Lipinski definition) is 0. The summed E-state index contributed by atoms with van der Waals surface area (Å²) < 4.78 is 0. The summed E-state index contributed by atoms with van der Waals surface area (Å²) in [6, 6.07) is 0. The lowest BCUT2D eigenvalue weighted by Crippen LogP contribution is -1.81. The molecule has 0 fully saturated rings. The van der Waals surface area contributed by atoms with Crippen LogP contribution < -0.4 is 0 Å². The largest absolute Gasteiger partial charge is 0.120 e. The first kappa shape index (κ1) is 8.18. The van der Waals surface area contributed by atoms with Crippen LogP contribution in [0.15, 0.2) is 32.8 Å². The van der Waals surface area contributed by atoms with Gasteiger partial charge in [0.05, 0.1) is 5.75 Å². The molecule has 0 spiro atoms. The van der Waals surface area contributed by atoms with Crippen molar-refractivity contribution in [3.63, 3.8) is 0 Å². The second-order valence-electron chi connectivity index (χ2n) is 3.46. The van der Waals surface area contributed by atoms with Gasteiger partial charge in [-0.05, 0) is 60.5 Å². The molecule has 0 aromatic carbocycles. The van der Waals surface area contributed by atoms with Gasteiger partial charge in [0.15, 0.2) is 0 Å². The molecule has 1 heteroatoms. The average Bonchev–Trinajstić information content (AvgIpc) is 2.51. The highest BCUT2D eigenvalue weighted by atomic mass is 32.2. The summed E-state index contributed by atoms with van der Waals surface area (Å²) >= 11 is 1.86. The predicted molar refractivity (Wildman–Crippen MR) is 55.7 cm³/mol. The molecule has 0 saturated carbocycles. The monoisotopic (exact) mass is 177 g/mol. The van der Waals surface area contributed by atoms with Crippen molar-refractivity contribution in [1.82, 2.24) is 0 Å². The van der Waals surface area contributed by atoms with Gasteiger partial charge in [-0.3, -0.25) is 0 Å². The van der Waals surface area contributed by atoms with E-state index in [4.69, 9.17) is 0 Å². The van der Waals surface area contributed by atoms with Crippen molar-refractivity contribution in [1.29, 1.82) is 0 Å². The Morgan fingerprint density at radius 2 is 1.58 bits per heavy atom. The van der Waals surface area contributed by atoms with Gasteiger partial charge < -0.3 is 0 Å². The maximum Gasteiger partial charge on any atom is 0.0513 e. The SMILES string of the molecule is CC1=C2C(C)=C(C)C(C)=C2[CH]S1. The summed E-state index contributed by atoms with van der Waals surface area (Å²) in [5.74, 6) is 2.28. The highest BCUT2D eigenvalue weighted by molar-refractivity contribution is 8.05. The van der Waals surface area contributed by atoms with Crippen LogP contribution in [0.3, 0.4) is 0 Å². The lowest BCUT2D eigenvalue weighted by atomic mass is 10.1. The quantitative estimate of drug-likeness (QED) is 0.542. The second kappa shape index (κ2) is 2.53. The van der Waals surface area contributed by atoms with Crippen molar-refractivity contribution in [2.45, 2.75) is 27.7 Å². The van der Waals surface area contributed by atoms with Gasteiger partial charge in [-0.25, -0.2) is 0 Å². The molecular formula is C11H13S. The first-order valence-corrected chi connectivity index (χ1v) is 5.11. The van der Waals surface area contributed by atoms with Crippen LogP contribution in [0, 0.1) is 5.75 Å². The Morgan fingerprint density at radius 3 is 2.17 bits per heavy atom. The Hall–Kier alpha value is -0.430. The second-order valence-corrected chi connectivity index (χ2v) is 4.54. The number of thioether (sulfide) groups is 1. The van der Waals surface area contributed by atoms with Crippen LogP contribution in [0.1, 0.15) is 27.7 Å². The zero-order valence-electron chi connectivity index (χ0n) is 7.99. The first-order chi connectivity index (χ1) is 5.63. The number of fused-ring (bicyclic) bond motifs is 1. The highest BCUT2D eigenvalue weighted by Gasteiger charge is 2.27. The lowest BCUT2D eigenvalue weighted by Gasteiger charge is -1.99. The summed E-state index contributed by atoms with van der Waals surface area (Å²) in [6.45, 7) is 8.87. The molecule has 12 heavy (non-hydrogen) atoms. The minimum atomic E-state index is 1.46. The predicted octanol–water partition coefficient (Wildman–Crippen LogP) is 3.84. The third-order valence-corrected chi connectivity index (χ3v) is 3.79. The van der Waals surface area contributed by atoms with E-state index in [1.54, 1.807) is 0 Å². The van der Waals surface area contributed by atoms with E-state index in [1.165, 1.54) is 32.8 Å². The number of allylic oxidation sites excluding steroid dienone is 5. The molecule has 1 aliphatic carbocycles. The van der Waals surface area contributed by atoms with Crippen LogP contribution in [-0.4, -0.2) is 0 Å². The van der Waals surface area contributed by atoms with E-state index in [2.05, 4.69) is 33.4 Å². The van der Waals surface area contributed by atoms with Crippen LogP contribution >= 0.6 is 11.8 Å². The lowest BCUT2D eigenvalue weighted by molar-refractivity contribution is 1.31. The third-order valence-electron chi connectivity index (χ3n) is 2.88. The number of rotatable bonds is 0. The van der Waals surface area contributed by atoms with Gasteiger partial charge >= 0.3 is 0 Å². The van der Waals surface area contributed by atoms with Gasteiger partial charge in [0.25, 0.3) is 0 Å². The van der Waals surface area contributed by atoms with Gasteiger partial charge in [0, 0.05) is 0 Å². The molecule has 0 atom stereocenters. The van der Waals surface area contributed by atoms with Crippen molar-refractivity contribution in [2.24, 2.45) is 0 Å². The minimum Gasteiger partial charge on any atom is -0.120 e. The van der Waals surface area contributed by atoms with Crippen molar-refractivity contribution >= 4 is 11.8 Å². The van der Waals surface area contributed by atoms with E-state index < -0.39 is 0 Å². The molecule has 1 radical (unpaired) electrons. The Bertz CT molecular complexity index is 340. The molecule has 2 aliphatic rings. The van der Waals surface area contributed by atoms with E-state index in [-0.39, 0.29) is 0 Å². The Balaban J connectivity index is 2.65. The summed E-state index contributed by atoms with van der Waals surface area (Å²) in [7, 11) is 0. The van der Waals surface area contributed by atoms with Crippen molar-refractivity contribution in [3.05, 3.63) is 38.5 Å². The van der Waals surface area contributed by atoms with Crippen LogP contribution in [-0.2, 0) is 0 Å². The normalized spacial score (nSPS) is 23.0. The maximum atomic E-state index is 2.28. The summed E-state index contributed by atoms with van der Waals surface area (Å²) in [6.07, 6.45) is 0. The maximum absolute atomic E-state index is 2.28. The fourth-order valence-electron chi connectivity index (χ4n) is 1.87. The van der Waals surface area contributed by atoms with E-state index in [0.29, 0.717) is 0 Å². The fourth-order valence-corrected chi connectivity index (χ4v) is 2.84. The van der Waals surface area contributed by atoms with Crippen molar-refractivity contribution < 1.29 is 0 Å². The van der Waals surface area contributed by atoms with E-state index in [9.17, 15) is 0 Å².